The van der Waals surface area contributed by atoms with Crippen LogP contribution in [0.3, 0.4) is 0 Å². The Morgan fingerprint density at radius 1 is 1.53 bits per heavy atom. The van der Waals surface area contributed by atoms with Gasteiger partial charge in [-0.05, 0) is 18.6 Å². The maximum Gasteiger partial charge on any atom is 0.323 e. The van der Waals surface area contributed by atoms with E-state index in [0.717, 1.165) is 6.42 Å². The first-order chi connectivity index (χ1) is 8.04. The first kappa shape index (κ1) is 13.0. The molecule has 0 aliphatic carbocycles. The monoisotopic (exact) mass is 237 g/mol. The average Bonchev–Trinajstić information content (AvgIpc) is 2.28. The number of aromatic nitrogens is 1. The van der Waals surface area contributed by atoms with Crippen LogP contribution in [-0.4, -0.2) is 35.1 Å². The van der Waals surface area contributed by atoms with E-state index in [2.05, 4.69) is 4.98 Å². The summed E-state index contributed by atoms with van der Waals surface area (Å²) in [6, 6.07) is 3.00. The molecule has 0 spiro atoms. The van der Waals surface area contributed by atoms with Crippen LogP contribution in [0.15, 0.2) is 18.3 Å². The molecule has 1 aromatic rings. The molecule has 0 saturated heterocycles. The molecule has 0 radical (unpaired) electrons. The fraction of sp³-hybridized carbons (Fsp3) is 0.364. The van der Waals surface area contributed by atoms with Gasteiger partial charge in [-0.2, -0.15) is 0 Å². The number of carbonyl (C=O) groups is 2. The van der Waals surface area contributed by atoms with Gasteiger partial charge in [-0.25, -0.2) is 4.98 Å². The molecule has 0 aliphatic heterocycles. The van der Waals surface area contributed by atoms with Gasteiger partial charge in [-0.1, -0.05) is 6.92 Å². The van der Waals surface area contributed by atoms with Crippen molar-refractivity contribution < 1.29 is 14.7 Å². The Balaban J connectivity index is 2.96. The van der Waals surface area contributed by atoms with E-state index in [-0.39, 0.29) is 6.54 Å². The maximum absolute atomic E-state index is 11.0. The Morgan fingerprint density at radius 3 is 2.76 bits per heavy atom. The molecule has 0 fully saturated rings. The molecule has 0 aliphatic rings. The van der Waals surface area contributed by atoms with Crippen LogP contribution >= 0.6 is 0 Å². The van der Waals surface area contributed by atoms with Crippen LogP contribution in [0.4, 0.5) is 5.82 Å². The Bertz CT molecular complexity index is 420. The van der Waals surface area contributed by atoms with Crippen LogP contribution in [0.2, 0.25) is 0 Å². The van der Waals surface area contributed by atoms with E-state index in [1.807, 2.05) is 6.92 Å². The minimum Gasteiger partial charge on any atom is -0.480 e. The molecule has 1 aromatic heterocycles. The summed E-state index contributed by atoms with van der Waals surface area (Å²) in [7, 11) is 0. The van der Waals surface area contributed by atoms with Gasteiger partial charge >= 0.3 is 5.97 Å². The molecule has 0 aromatic carbocycles. The SMILES string of the molecule is CCCN(CC(=O)O)c1cc(C(N)=O)ccn1. The Kier molecular flexibility index (Phi) is 4.45. The number of carboxylic acid groups (broad SMARTS) is 1. The highest BCUT2D eigenvalue weighted by atomic mass is 16.4. The summed E-state index contributed by atoms with van der Waals surface area (Å²) in [6.45, 7) is 2.34. The first-order valence-corrected chi connectivity index (χ1v) is 5.27. The van der Waals surface area contributed by atoms with E-state index in [1.54, 1.807) is 4.90 Å². The van der Waals surface area contributed by atoms with E-state index in [1.165, 1.54) is 18.3 Å². The van der Waals surface area contributed by atoms with Crippen molar-refractivity contribution in [1.82, 2.24) is 4.98 Å². The summed E-state index contributed by atoms with van der Waals surface area (Å²) < 4.78 is 0. The highest BCUT2D eigenvalue weighted by Gasteiger charge is 2.12. The van der Waals surface area contributed by atoms with E-state index in [4.69, 9.17) is 10.8 Å². The van der Waals surface area contributed by atoms with Crippen molar-refractivity contribution in [2.75, 3.05) is 18.0 Å². The van der Waals surface area contributed by atoms with Crippen molar-refractivity contribution in [1.29, 1.82) is 0 Å². The number of primary amides is 1. The zero-order chi connectivity index (χ0) is 12.8. The van der Waals surface area contributed by atoms with Crippen LogP contribution in [0.25, 0.3) is 0 Å². The lowest BCUT2D eigenvalue weighted by atomic mass is 10.2. The van der Waals surface area contributed by atoms with Crippen molar-refractivity contribution in [3.8, 4) is 0 Å². The molecule has 1 heterocycles. The topological polar surface area (TPSA) is 96.5 Å². The summed E-state index contributed by atoms with van der Waals surface area (Å²) in [5.74, 6) is -1.05. The molecule has 0 bridgehead atoms. The number of nitrogens with zero attached hydrogens (tertiary/aromatic N) is 2. The standard InChI is InChI=1S/C11H15N3O3/c1-2-5-14(7-10(15)16)9-6-8(11(12)17)3-4-13-9/h3-4,6H,2,5,7H2,1H3,(H2,12,17)(H,15,16). The molecule has 1 rings (SSSR count). The third kappa shape index (κ3) is 3.75. The van der Waals surface area contributed by atoms with Crippen molar-refractivity contribution in [2.24, 2.45) is 5.73 Å². The molecule has 0 saturated carbocycles. The molecule has 3 N–H and O–H groups in total. The van der Waals surface area contributed by atoms with Crippen LogP contribution in [-0.2, 0) is 4.79 Å². The number of nitrogens with two attached hydrogens (primary N) is 1. The number of amides is 1. The molecule has 92 valence electrons. The summed E-state index contributed by atoms with van der Waals surface area (Å²) in [5.41, 5.74) is 5.48. The van der Waals surface area contributed by atoms with Crippen LogP contribution < -0.4 is 10.6 Å². The number of pyridine rings is 1. The summed E-state index contributed by atoms with van der Waals surface area (Å²) in [5, 5.41) is 8.79. The largest absolute Gasteiger partial charge is 0.480 e. The zero-order valence-electron chi connectivity index (χ0n) is 9.59. The Hall–Kier alpha value is -2.11. The van der Waals surface area contributed by atoms with Gasteiger partial charge in [0.1, 0.15) is 12.4 Å². The fourth-order valence-corrected chi connectivity index (χ4v) is 1.45. The van der Waals surface area contributed by atoms with Gasteiger partial charge < -0.3 is 15.7 Å². The van der Waals surface area contributed by atoms with Crippen molar-refractivity contribution in [3.05, 3.63) is 23.9 Å². The normalized spacial score (nSPS) is 9.94. The lowest BCUT2D eigenvalue weighted by Gasteiger charge is -2.21. The zero-order valence-corrected chi connectivity index (χ0v) is 9.59. The van der Waals surface area contributed by atoms with E-state index in [9.17, 15) is 9.59 Å². The molecule has 17 heavy (non-hydrogen) atoms. The van der Waals surface area contributed by atoms with Crippen molar-refractivity contribution in [2.45, 2.75) is 13.3 Å². The molecular weight excluding hydrogens is 222 g/mol. The van der Waals surface area contributed by atoms with Gasteiger partial charge in [0.2, 0.25) is 5.91 Å². The molecule has 6 nitrogen and oxygen atoms in total. The average molecular weight is 237 g/mol. The second-order valence-corrected chi connectivity index (χ2v) is 3.58. The van der Waals surface area contributed by atoms with Gasteiger partial charge in [0.05, 0.1) is 0 Å². The van der Waals surface area contributed by atoms with Crippen LogP contribution in [0.5, 0.6) is 0 Å². The van der Waals surface area contributed by atoms with E-state index in [0.29, 0.717) is 17.9 Å². The second-order valence-electron chi connectivity index (χ2n) is 3.58. The van der Waals surface area contributed by atoms with Crippen molar-refractivity contribution in [3.63, 3.8) is 0 Å². The summed E-state index contributed by atoms with van der Waals surface area (Å²) >= 11 is 0. The quantitative estimate of drug-likeness (QED) is 0.750. The summed E-state index contributed by atoms with van der Waals surface area (Å²) in [6.07, 6.45) is 2.23. The third-order valence-corrected chi connectivity index (χ3v) is 2.17. The number of carbonyl (C=O) groups excluding carboxylic acids is 1. The van der Waals surface area contributed by atoms with E-state index < -0.39 is 11.9 Å². The number of rotatable bonds is 6. The number of anilines is 1. The fourth-order valence-electron chi connectivity index (χ4n) is 1.45. The molecule has 6 heteroatoms. The predicted molar refractivity (Wildman–Crippen MR) is 62.9 cm³/mol. The Labute approximate surface area is 99.1 Å². The lowest BCUT2D eigenvalue weighted by molar-refractivity contribution is -0.135. The summed E-state index contributed by atoms with van der Waals surface area (Å²) in [4.78, 5) is 27.4. The Morgan fingerprint density at radius 2 is 2.24 bits per heavy atom. The third-order valence-electron chi connectivity index (χ3n) is 2.17. The van der Waals surface area contributed by atoms with Gasteiger partial charge in [0, 0.05) is 18.3 Å². The second kappa shape index (κ2) is 5.83. The van der Waals surface area contributed by atoms with E-state index >= 15 is 0 Å². The highest BCUT2D eigenvalue weighted by molar-refractivity contribution is 5.93. The van der Waals surface area contributed by atoms with Crippen molar-refractivity contribution >= 4 is 17.7 Å². The number of aliphatic carboxylic acids is 1. The smallest absolute Gasteiger partial charge is 0.323 e. The lowest BCUT2D eigenvalue weighted by Crippen LogP contribution is -2.31. The van der Waals surface area contributed by atoms with Gasteiger partial charge in [-0.15, -0.1) is 0 Å². The number of hydrogen-bond donors (Lipinski definition) is 2. The van der Waals surface area contributed by atoms with Crippen LogP contribution in [0.1, 0.15) is 23.7 Å². The highest BCUT2D eigenvalue weighted by Crippen LogP contribution is 2.12. The van der Waals surface area contributed by atoms with Crippen LogP contribution in [0, 0.1) is 0 Å². The number of hydrogen-bond acceptors (Lipinski definition) is 4. The molecule has 0 atom stereocenters. The molecular formula is C11H15N3O3. The maximum atomic E-state index is 11.0. The van der Waals surface area contributed by atoms with Gasteiger partial charge in [0.25, 0.3) is 0 Å². The minimum atomic E-state index is -0.940. The first-order valence-electron chi connectivity index (χ1n) is 5.27. The van der Waals surface area contributed by atoms with Gasteiger partial charge in [0.15, 0.2) is 0 Å². The molecule has 1 amide bonds. The van der Waals surface area contributed by atoms with Gasteiger partial charge in [-0.3, -0.25) is 9.59 Å². The molecule has 0 unspecified atom stereocenters. The minimum absolute atomic E-state index is 0.150. The number of carboxylic acids is 1. The predicted octanol–water partition coefficient (Wildman–Crippen LogP) is 0.481.